The Morgan fingerprint density at radius 2 is 2.15 bits per heavy atom. The standard InChI is InChI=1S/C14H26N2O4/c1-2-11(9-13(18)19)10-15-14(20)16-7-4-3-5-12(16)6-8-17/h11-12,17H,2-10H2,1H3,(H,15,20)(H,18,19). The van der Waals surface area contributed by atoms with Gasteiger partial charge in [-0.25, -0.2) is 4.79 Å². The van der Waals surface area contributed by atoms with Gasteiger partial charge in [0.1, 0.15) is 0 Å². The van der Waals surface area contributed by atoms with Gasteiger partial charge >= 0.3 is 12.0 Å². The van der Waals surface area contributed by atoms with Gasteiger partial charge in [0.15, 0.2) is 0 Å². The summed E-state index contributed by atoms with van der Waals surface area (Å²) in [6.07, 6.45) is 4.43. The van der Waals surface area contributed by atoms with E-state index in [1.807, 2.05) is 6.92 Å². The van der Waals surface area contributed by atoms with Gasteiger partial charge in [0.05, 0.1) is 0 Å². The summed E-state index contributed by atoms with van der Waals surface area (Å²) in [4.78, 5) is 24.7. The van der Waals surface area contributed by atoms with Crippen LogP contribution in [0.5, 0.6) is 0 Å². The number of hydrogen-bond acceptors (Lipinski definition) is 3. The topological polar surface area (TPSA) is 89.9 Å². The molecule has 0 saturated carbocycles. The minimum absolute atomic E-state index is 0.0301. The number of carboxylic acid groups (broad SMARTS) is 1. The van der Waals surface area contributed by atoms with Crippen LogP contribution in [0.25, 0.3) is 0 Å². The molecule has 0 aromatic heterocycles. The number of aliphatic carboxylic acids is 1. The fourth-order valence-corrected chi connectivity index (χ4v) is 2.66. The third kappa shape index (κ3) is 5.36. The second kappa shape index (κ2) is 8.79. The Morgan fingerprint density at radius 1 is 1.40 bits per heavy atom. The van der Waals surface area contributed by atoms with Crippen molar-refractivity contribution in [3.8, 4) is 0 Å². The van der Waals surface area contributed by atoms with Gasteiger partial charge < -0.3 is 20.4 Å². The van der Waals surface area contributed by atoms with Crippen molar-refractivity contribution in [2.45, 2.75) is 51.5 Å². The number of nitrogens with zero attached hydrogens (tertiary/aromatic N) is 1. The predicted octanol–water partition coefficient (Wildman–Crippen LogP) is 1.43. The molecule has 0 bridgehead atoms. The van der Waals surface area contributed by atoms with E-state index >= 15 is 0 Å². The third-order valence-electron chi connectivity index (χ3n) is 3.93. The first-order valence-corrected chi connectivity index (χ1v) is 7.45. The lowest BCUT2D eigenvalue weighted by Crippen LogP contribution is -2.49. The van der Waals surface area contributed by atoms with Crippen molar-refractivity contribution in [1.29, 1.82) is 0 Å². The van der Waals surface area contributed by atoms with E-state index in [1.54, 1.807) is 4.90 Å². The van der Waals surface area contributed by atoms with E-state index in [2.05, 4.69) is 5.32 Å². The highest BCUT2D eigenvalue weighted by Gasteiger charge is 2.26. The number of rotatable bonds is 7. The van der Waals surface area contributed by atoms with Crippen LogP contribution < -0.4 is 5.32 Å². The van der Waals surface area contributed by atoms with Crippen LogP contribution in [0.2, 0.25) is 0 Å². The zero-order valence-corrected chi connectivity index (χ0v) is 12.2. The summed E-state index contributed by atoms with van der Waals surface area (Å²) in [5, 5.41) is 20.7. The summed E-state index contributed by atoms with van der Waals surface area (Å²) in [5.41, 5.74) is 0. The summed E-state index contributed by atoms with van der Waals surface area (Å²) in [7, 11) is 0. The fourth-order valence-electron chi connectivity index (χ4n) is 2.66. The number of likely N-dealkylation sites (tertiary alicyclic amines) is 1. The Kier molecular flexibility index (Phi) is 7.36. The van der Waals surface area contributed by atoms with Gasteiger partial charge in [-0.05, 0) is 31.6 Å². The molecule has 0 aromatic rings. The number of aliphatic hydroxyl groups is 1. The SMILES string of the molecule is CCC(CNC(=O)N1CCCCC1CCO)CC(=O)O. The lowest BCUT2D eigenvalue weighted by molar-refractivity contribution is -0.138. The third-order valence-corrected chi connectivity index (χ3v) is 3.93. The van der Waals surface area contributed by atoms with Crippen molar-refractivity contribution >= 4 is 12.0 Å². The highest BCUT2D eigenvalue weighted by Crippen LogP contribution is 2.19. The number of carbonyl (C=O) groups excluding carboxylic acids is 1. The van der Waals surface area contributed by atoms with Crippen molar-refractivity contribution in [3.05, 3.63) is 0 Å². The summed E-state index contributed by atoms with van der Waals surface area (Å²) >= 11 is 0. The van der Waals surface area contributed by atoms with E-state index in [-0.39, 0.29) is 31.0 Å². The molecule has 116 valence electrons. The molecule has 0 spiro atoms. The first kappa shape index (κ1) is 16.8. The van der Waals surface area contributed by atoms with E-state index in [9.17, 15) is 9.59 Å². The molecule has 1 aliphatic rings. The lowest BCUT2D eigenvalue weighted by Gasteiger charge is -2.35. The van der Waals surface area contributed by atoms with Crippen molar-refractivity contribution in [2.75, 3.05) is 19.7 Å². The number of urea groups is 1. The van der Waals surface area contributed by atoms with Gasteiger partial charge in [-0.15, -0.1) is 0 Å². The Labute approximate surface area is 120 Å². The van der Waals surface area contributed by atoms with Crippen LogP contribution in [0.15, 0.2) is 0 Å². The highest BCUT2D eigenvalue weighted by molar-refractivity contribution is 5.74. The number of hydrogen-bond donors (Lipinski definition) is 3. The van der Waals surface area contributed by atoms with Crippen LogP contribution in [0.1, 0.15) is 45.4 Å². The van der Waals surface area contributed by atoms with Gasteiger partial charge in [0, 0.05) is 32.2 Å². The molecule has 1 aliphatic heterocycles. The maximum absolute atomic E-state index is 12.2. The number of amides is 2. The number of aliphatic hydroxyl groups excluding tert-OH is 1. The van der Waals surface area contributed by atoms with Crippen LogP contribution in [0.4, 0.5) is 4.79 Å². The first-order valence-electron chi connectivity index (χ1n) is 7.45. The monoisotopic (exact) mass is 286 g/mol. The second-order valence-corrected chi connectivity index (χ2v) is 5.41. The molecule has 2 atom stereocenters. The summed E-state index contributed by atoms with van der Waals surface area (Å²) < 4.78 is 0. The maximum Gasteiger partial charge on any atom is 0.317 e. The van der Waals surface area contributed by atoms with Gasteiger partial charge in [0.25, 0.3) is 0 Å². The minimum Gasteiger partial charge on any atom is -0.481 e. The van der Waals surface area contributed by atoms with E-state index in [1.165, 1.54) is 0 Å². The smallest absolute Gasteiger partial charge is 0.317 e. The molecule has 1 heterocycles. The molecule has 6 nitrogen and oxygen atoms in total. The van der Waals surface area contributed by atoms with Crippen LogP contribution in [-0.4, -0.2) is 52.9 Å². The molecule has 6 heteroatoms. The van der Waals surface area contributed by atoms with Crippen LogP contribution in [0, 0.1) is 5.92 Å². The van der Waals surface area contributed by atoms with Gasteiger partial charge in [-0.3, -0.25) is 4.79 Å². The highest BCUT2D eigenvalue weighted by atomic mass is 16.4. The molecule has 3 N–H and O–H groups in total. The van der Waals surface area contributed by atoms with Crippen molar-refractivity contribution in [3.63, 3.8) is 0 Å². The van der Waals surface area contributed by atoms with Gasteiger partial charge in [-0.1, -0.05) is 13.3 Å². The molecule has 2 unspecified atom stereocenters. The maximum atomic E-state index is 12.2. The van der Waals surface area contributed by atoms with Crippen LogP contribution in [0.3, 0.4) is 0 Å². The zero-order valence-electron chi connectivity index (χ0n) is 12.2. The van der Waals surface area contributed by atoms with E-state index in [4.69, 9.17) is 10.2 Å². The van der Waals surface area contributed by atoms with E-state index in [0.717, 1.165) is 25.7 Å². The fraction of sp³-hybridized carbons (Fsp3) is 0.857. The lowest BCUT2D eigenvalue weighted by atomic mass is 10.00. The van der Waals surface area contributed by atoms with E-state index < -0.39 is 5.97 Å². The number of nitrogens with one attached hydrogen (secondary N) is 1. The molecule has 0 aliphatic carbocycles. The quantitative estimate of drug-likeness (QED) is 0.660. The number of carbonyl (C=O) groups is 2. The average Bonchev–Trinajstić information content (AvgIpc) is 2.43. The van der Waals surface area contributed by atoms with Crippen molar-refractivity contribution < 1.29 is 19.8 Å². The van der Waals surface area contributed by atoms with Crippen LogP contribution >= 0.6 is 0 Å². The zero-order chi connectivity index (χ0) is 15.0. The van der Waals surface area contributed by atoms with Crippen LogP contribution in [-0.2, 0) is 4.79 Å². The summed E-state index contributed by atoms with van der Waals surface area (Å²) in [5.74, 6) is -0.861. The first-order chi connectivity index (χ1) is 9.58. The molecule has 20 heavy (non-hydrogen) atoms. The van der Waals surface area contributed by atoms with Gasteiger partial charge in [0.2, 0.25) is 0 Å². The Bertz CT molecular complexity index is 320. The molecule has 0 radical (unpaired) electrons. The molecule has 1 rings (SSSR count). The second-order valence-electron chi connectivity index (χ2n) is 5.41. The van der Waals surface area contributed by atoms with Crippen molar-refractivity contribution in [2.24, 2.45) is 5.92 Å². The molecule has 0 aromatic carbocycles. The van der Waals surface area contributed by atoms with Gasteiger partial charge in [-0.2, -0.15) is 0 Å². The molecule has 1 saturated heterocycles. The number of piperidine rings is 1. The van der Waals surface area contributed by atoms with Crippen molar-refractivity contribution in [1.82, 2.24) is 10.2 Å². The molecular formula is C14H26N2O4. The molecular weight excluding hydrogens is 260 g/mol. The minimum atomic E-state index is -0.831. The predicted molar refractivity (Wildman–Crippen MR) is 75.5 cm³/mol. The average molecular weight is 286 g/mol. The summed E-state index contributed by atoms with van der Waals surface area (Å²) in [6, 6.07) is -0.0275. The Morgan fingerprint density at radius 3 is 2.75 bits per heavy atom. The normalized spacial score (nSPS) is 20.5. The molecule has 2 amide bonds. The van der Waals surface area contributed by atoms with E-state index in [0.29, 0.717) is 19.5 Å². The Hall–Kier alpha value is -1.30. The molecule has 1 fully saturated rings. The number of carboxylic acids is 1. The summed E-state index contributed by atoms with van der Waals surface area (Å²) in [6.45, 7) is 3.12. The Balaban J connectivity index is 2.44. The largest absolute Gasteiger partial charge is 0.481 e.